The third-order valence-corrected chi connectivity index (χ3v) is 4.85. The predicted octanol–water partition coefficient (Wildman–Crippen LogP) is 3.41. The Balaban J connectivity index is 2.11. The number of aromatic nitrogens is 1. The Bertz CT molecular complexity index is 907. The molecule has 0 bridgehead atoms. The summed E-state index contributed by atoms with van der Waals surface area (Å²) in [5.41, 5.74) is 3.33. The summed E-state index contributed by atoms with van der Waals surface area (Å²) in [6, 6.07) is 14.2. The van der Waals surface area contributed by atoms with E-state index in [2.05, 4.69) is 40.0 Å². The maximum Gasteiger partial charge on any atom is 0.166 e. The van der Waals surface area contributed by atoms with Crippen LogP contribution in [0, 0.1) is 0 Å². The van der Waals surface area contributed by atoms with Gasteiger partial charge in [-0.15, -0.1) is 0 Å². The van der Waals surface area contributed by atoms with E-state index in [0.717, 1.165) is 16.8 Å². The van der Waals surface area contributed by atoms with Gasteiger partial charge in [0.1, 0.15) is 0 Å². The van der Waals surface area contributed by atoms with E-state index >= 15 is 0 Å². The zero-order valence-corrected chi connectivity index (χ0v) is 15.9. The summed E-state index contributed by atoms with van der Waals surface area (Å²) in [4.78, 5) is 3.36. The summed E-state index contributed by atoms with van der Waals surface area (Å²) < 4.78 is 11.2. The zero-order valence-electron chi connectivity index (χ0n) is 15.1. The Morgan fingerprint density at radius 2 is 1.88 bits per heavy atom. The second-order valence-electron chi connectivity index (χ2n) is 5.88. The number of nitrogens with one attached hydrogen (secondary N) is 3. The number of hydrogen-bond acceptors (Lipinski definition) is 3. The highest BCUT2D eigenvalue weighted by Crippen LogP contribution is 2.40. The fourth-order valence-corrected chi connectivity index (χ4v) is 3.32. The van der Waals surface area contributed by atoms with E-state index in [9.17, 15) is 0 Å². The molecule has 1 heterocycles. The quantitative estimate of drug-likeness (QED) is 0.582. The van der Waals surface area contributed by atoms with Crippen LogP contribution < -0.4 is 20.1 Å². The summed E-state index contributed by atoms with van der Waals surface area (Å²) in [5, 5.41) is 8.03. The van der Waals surface area contributed by atoms with Crippen molar-refractivity contribution in [1.29, 1.82) is 0 Å². The highest BCUT2D eigenvalue weighted by atomic mass is 32.1. The average Bonchev–Trinajstić information content (AvgIpc) is 3.11. The van der Waals surface area contributed by atoms with Gasteiger partial charge in [-0.25, -0.2) is 0 Å². The molecule has 0 aliphatic rings. The van der Waals surface area contributed by atoms with Crippen molar-refractivity contribution in [2.24, 2.45) is 0 Å². The van der Waals surface area contributed by atoms with Gasteiger partial charge in [0.2, 0.25) is 0 Å². The number of methoxy groups -OCH3 is 2. The Labute approximate surface area is 158 Å². The first kappa shape index (κ1) is 18.1. The van der Waals surface area contributed by atoms with Gasteiger partial charge >= 0.3 is 0 Å². The van der Waals surface area contributed by atoms with Crippen molar-refractivity contribution < 1.29 is 9.47 Å². The molecule has 1 aromatic heterocycles. The van der Waals surface area contributed by atoms with Gasteiger partial charge in [-0.2, -0.15) is 0 Å². The third kappa shape index (κ3) is 3.46. The molecule has 1 atom stereocenters. The predicted molar refractivity (Wildman–Crippen MR) is 109 cm³/mol. The van der Waals surface area contributed by atoms with Crippen molar-refractivity contribution in [3.05, 3.63) is 59.8 Å². The molecule has 136 valence electrons. The first-order valence-electron chi connectivity index (χ1n) is 8.42. The van der Waals surface area contributed by atoms with Gasteiger partial charge < -0.3 is 25.1 Å². The maximum absolute atomic E-state index is 5.68. The molecular formula is C20H23N3O2S. The lowest BCUT2D eigenvalue weighted by Gasteiger charge is -2.22. The SMILES string of the molecule is CNC(=S)NCC(c1cccc(OC)c1OC)c1c[nH]c2ccccc12. The van der Waals surface area contributed by atoms with Crippen molar-refractivity contribution >= 4 is 28.2 Å². The van der Waals surface area contributed by atoms with E-state index < -0.39 is 0 Å². The second kappa shape index (κ2) is 8.10. The van der Waals surface area contributed by atoms with E-state index in [1.807, 2.05) is 31.3 Å². The number of H-pyrrole nitrogens is 1. The Morgan fingerprint density at radius 3 is 2.62 bits per heavy atom. The number of benzene rings is 2. The molecule has 0 fully saturated rings. The van der Waals surface area contributed by atoms with Gasteiger partial charge in [0.05, 0.1) is 14.2 Å². The summed E-state index contributed by atoms with van der Waals surface area (Å²) in [6.45, 7) is 0.630. The highest BCUT2D eigenvalue weighted by Gasteiger charge is 2.23. The summed E-state index contributed by atoms with van der Waals surface area (Å²) in [7, 11) is 5.12. The number of ether oxygens (including phenoxy) is 2. The Morgan fingerprint density at radius 1 is 1.08 bits per heavy atom. The van der Waals surface area contributed by atoms with Crippen molar-refractivity contribution in [2.75, 3.05) is 27.8 Å². The molecule has 26 heavy (non-hydrogen) atoms. The van der Waals surface area contributed by atoms with Crippen LogP contribution in [0.2, 0.25) is 0 Å². The molecule has 0 radical (unpaired) electrons. The van der Waals surface area contributed by atoms with E-state index in [1.165, 1.54) is 10.9 Å². The summed E-state index contributed by atoms with van der Waals surface area (Å²) >= 11 is 5.27. The van der Waals surface area contributed by atoms with Gasteiger partial charge in [-0.1, -0.05) is 30.3 Å². The number of fused-ring (bicyclic) bond motifs is 1. The van der Waals surface area contributed by atoms with Crippen LogP contribution in [0.3, 0.4) is 0 Å². The average molecular weight is 369 g/mol. The van der Waals surface area contributed by atoms with E-state index in [1.54, 1.807) is 14.2 Å². The second-order valence-corrected chi connectivity index (χ2v) is 6.29. The molecule has 0 aliphatic carbocycles. The number of thiocarbonyl (C=S) groups is 1. The first-order valence-corrected chi connectivity index (χ1v) is 8.82. The zero-order chi connectivity index (χ0) is 18.5. The van der Waals surface area contributed by atoms with E-state index in [-0.39, 0.29) is 5.92 Å². The molecular weight excluding hydrogens is 346 g/mol. The van der Waals surface area contributed by atoms with Crippen molar-refractivity contribution in [3.63, 3.8) is 0 Å². The van der Waals surface area contributed by atoms with Crippen LogP contribution in [0.25, 0.3) is 10.9 Å². The minimum atomic E-state index is 0.0301. The van der Waals surface area contributed by atoms with Crippen LogP contribution in [-0.2, 0) is 0 Å². The Hall–Kier alpha value is -2.73. The monoisotopic (exact) mass is 369 g/mol. The molecule has 0 saturated heterocycles. The van der Waals surface area contributed by atoms with Crippen molar-refractivity contribution in [3.8, 4) is 11.5 Å². The van der Waals surface area contributed by atoms with Gasteiger partial charge in [-0.05, 0) is 29.9 Å². The van der Waals surface area contributed by atoms with Crippen LogP contribution in [-0.4, -0.2) is 37.9 Å². The number of para-hydroxylation sites is 2. The molecule has 3 N–H and O–H groups in total. The topological polar surface area (TPSA) is 58.3 Å². The molecule has 2 aromatic carbocycles. The van der Waals surface area contributed by atoms with Crippen LogP contribution in [0.1, 0.15) is 17.0 Å². The van der Waals surface area contributed by atoms with Gasteiger partial charge in [0.15, 0.2) is 16.6 Å². The maximum atomic E-state index is 5.68. The highest BCUT2D eigenvalue weighted by molar-refractivity contribution is 7.80. The van der Waals surface area contributed by atoms with Crippen LogP contribution in [0.4, 0.5) is 0 Å². The lowest BCUT2D eigenvalue weighted by atomic mass is 9.90. The molecule has 6 heteroatoms. The number of aromatic amines is 1. The van der Waals surface area contributed by atoms with Gasteiger partial charge in [-0.3, -0.25) is 0 Å². The van der Waals surface area contributed by atoms with Crippen molar-refractivity contribution in [1.82, 2.24) is 15.6 Å². The molecule has 0 amide bonds. The molecule has 0 spiro atoms. The van der Waals surface area contributed by atoms with Crippen LogP contribution >= 0.6 is 12.2 Å². The lowest BCUT2D eigenvalue weighted by molar-refractivity contribution is 0.350. The molecule has 1 unspecified atom stereocenters. The summed E-state index contributed by atoms with van der Waals surface area (Å²) in [5.74, 6) is 1.48. The number of hydrogen-bond donors (Lipinski definition) is 3. The van der Waals surface area contributed by atoms with Gasteiger partial charge in [0.25, 0.3) is 0 Å². The first-order chi connectivity index (χ1) is 12.7. The van der Waals surface area contributed by atoms with E-state index in [0.29, 0.717) is 17.4 Å². The van der Waals surface area contributed by atoms with E-state index in [4.69, 9.17) is 21.7 Å². The number of rotatable bonds is 6. The fourth-order valence-electron chi connectivity index (χ4n) is 3.24. The van der Waals surface area contributed by atoms with Gasteiger partial charge in [0, 0.05) is 42.2 Å². The van der Waals surface area contributed by atoms with Crippen molar-refractivity contribution in [2.45, 2.75) is 5.92 Å². The minimum Gasteiger partial charge on any atom is -0.493 e. The smallest absolute Gasteiger partial charge is 0.166 e. The molecule has 5 nitrogen and oxygen atoms in total. The minimum absolute atomic E-state index is 0.0301. The molecule has 0 aliphatic heterocycles. The summed E-state index contributed by atoms with van der Waals surface area (Å²) in [6.07, 6.45) is 2.05. The fraction of sp³-hybridized carbons (Fsp3) is 0.250. The largest absolute Gasteiger partial charge is 0.493 e. The third-order valence-electron chi connectivity index (χ3n) is 4.50. The molecule has 3 rings (SSSR count). The standard InChI is InChI=1S/C20H23N3O2S/c1-21-20(26)23-12-16(14-8-6-10-18(24-2)19(14)25-3)15-11-22-17-9-5-4-7-13(15)17/h4-11,16,22H,12H2,1-3H3,(H2,21,23,26). The molecule has 0 saturated carbocycles. The normalized spacial score (nSPS) is 11.8. The molecule has 3 aromatic rings. The Kier molecular flexibility index (Phi) is 5.63. The lowest BCUT2D eigenvalue weighted by Crippen LogP contribution is -2.35. The van der Waals surface area contributed by atoms with Crippen LogP contribution in [0.15, 0.2) is 48.7 Å². The van der Waals surface area contributed by atoms with Crippen LogP contribution in [0.5, 0.6) is 11.5 Å².